The molecular weight excluding hydrogens is 229 g/mol. The van der Waals surface area contributed by atoms with Gasteiger partial charge in [0.05, 0.1) is 0 Å². The smallest absolute Gasteiger partial charge is 0.123 e. The van der Waals surface area contributed by atoms with E-state index < -0.39 is 0 Å². The number of halogens is 1. The predicted molar refractivity (Wildman–Crippen MR) is 74.0 cm³/mol. The summed E-state index contributed by atoms with van der Waals surface area (Å²) in [5, 5.41) is 0. The van der Waals surface area contributed by atoms with Crippen LogP contribution in [0, 0.1) is 5.82 Å². The Morgan fingerprint density at radius 3 is 2.39 bits per heavy atom. The third-order valence-corrected chi connectivity index (χ3v) is 3.06. The predicted octanol–water partition coefficient (Wildman–Crippen LogP) is 1.71. The number of nitrogens with zero attached hydrogens (tertiary/aromatic N) is 2. The molecule has 2 atom stereocenters. The second-order valence-corrected chi connectivity index (χ2v) is 5.14. The molecule has 0 saturated carbocycles. The number of hydrogen-bond donors (Lipinski definition) is 1. The molecule has 3 nitrogen and oxygen atoms in total. The number of benzene rings is 1. The van der Waals surface area contributed by atoms with Crippen molar-refractivity contribution >= 4 is 0 Å². The summed E-state index contributed by atoms with van der Waals surface area (Å²) in [6.45, 7) is 3.81. The van der Waals surface area contributed by atoms with Gasteiger partial charge in [-0.1, -0.05) is 12.1 Å². The molecule has 0 aliphatic carbocycles. The van der Waals surface area contributed by atoms with Crippen LogP contribution in [0.4, 0.5) is 4.39 Å². The minimum absolute atomic E-state index is 0.0423. The molecule has 0 fully saturated rings. The Kier molecular flexibility index (Phi) is 5.72. The van der Waals surface area contributed by atoms with Crippen molar-refractivity contribution in [2.24, 2.45) is 5.73 Å². The third-order valence-electron chi connectivity index (χ3n) is 3.06. The van der Waals surface area contributed by atoms with Crippen LogP contribution in [0.3, 0.4) is 0 Å². The van der Waals surface area contributed by atoms with Crippen molar-refractivity contribution < 1.29 is 4.39 Å². The highest BCUT2D eigenvalue weighted by atomic mass is 19.1. The van der Waals surface area contributed by atoms with Crippen LogP contribution < -0.4 is 5.73 Å². The molecule has 0 aliphatic heterocycles. The largest absolute Gasteiger partial charge is 0.326 e. The van der Waals surface area contributed by atoms with Gasteiger partial charge in [0.15, 0.2) is 0 Å². The topological polar surface area (TPSA) is 32.5 Å². The molecule has 0 heterocycles. The van der Waals surface area contributed by atoms with E-state index in [-0.39, 0.29) is 17.9 Å². The summed E-state index contributed by atoms with van der Waals surface area (Å²) in [6, 6.07) is 6.70. The van der Waals surface area contributed by atoms with E-state index in [1.54, 1.807) is 12.1 Å². The molecule has 0 bridgehead atoms. The highest BCUT2D eigenvalue weighted by Crippen LogP contribution is 2.22. The molecule has 1 rings (SSSR count). The molecule has 0 amide bonds. The molecular formula is C14H24FN3. The van der Waals surface area contributed by atoms with Crippen LogP contribution in [0.2, 0.25) is 0 Å². The molecule has 4 heteroatoms. The zero-order valence-corrected chi connectivity index (χ0v) is 11.7. The van der Waals surface area contributed by atoms with E-state index in [2.05, 4.69) is 9.80 Å². The maximum Gasteiger partial charge on any atom is 0.123 e. The first kappa shape index (κ1) is 15.1. The lowest BCUT2D eigenvalue weighted by atomic mass is 9.99. The third kappa shape index (κ3) is 4.37. The van der Waals surface area contributed by atoms with Crippen LogP contribution in [0.1, 0.15) is 18.5 Å². The molecule has 1 aromatic rings. The van der Waals surface area contributed by atoms with Crippen LogP contribution in [0.5, 0.6) is 0 Å². The fourth-order valence-electron chi connectivity index (χ4n) is 2.15. The SMILES string of the molecule is CC(N)C(c1cccc(F)c1)N(C)CCN(C)C. The van der Waals surface area contributed by atoms with E-state index in [1.807, 2.05) is 34.1 Å². The molecule has 0 radical (unpaired) electrons. The van der Waals surface area contributed by atoms with Crippen LogP contribution >= 0.6 is 0 Å². The van der Waals surface area contributed by atoms with Gasteiger partial charge in [-0.2, -0.15) is 0 Å². The Morgan fingerprint density at radius 1 is 1.22 bits per heavy atom. The molecule has 0 saturated heterocycles. The van der Waals surface area contributed by atoms with E-state index in [4.69, 9.17) is 5.73 Å². The van der Waals surface area contributed by atoms with E-state index in [0.29, 0.717) is 0 Å². The first-order valence-electron chi connectivity index (χ1n) is 6.28. The summed E-state index contributed by atoms with van der Waals surface area (Å²) < 4.78 is 13.3. The van der Waals surface area contributed by atoms with Gasteiger partial charge in [0.2, 0.25) is 0 Å². The fourth-order valence-corrected chi connectivity index (χ4v) is 2.15. The second kappa shape index (κ2) is 6.83. The van der Waals surface area contributed by atoms with E-state index in [9.17, 15) is 4.39 Å². The lowest BCUT2D eigenvalue weighted by molar-refractivity contribution is 0.198. The van der Waals surface area contributed by atoms with Gasteiger partial charge in [0.1, 0.15) is 5.82 Å². The Hall–Kier alpha value is -0.970. The Labute approximate surface area is 109 Å². The Bertz CT molecular complexity index is 366. The monoisotopic (exact) mass is 253 g/mol. The lowest BCUT2D eigenvalue weighted by Crippen LogP contribution is -2.40. The molecule has 1 aromatic carbocycles. The highest BCUT2D eigenvalue weighted by Gasteiger charge is 2.21. The lowest BCUT2D eigenvalue weighted by Gasteiger charge is -2.32. The van der Waals surface area contributed by atoms with Gasteiger partial charge < -0.3 is 10.6 Å². The number of hydrogen-bond acceptors (Lipinski definition) is 3. The van der Waals surface area contributed by atoms with Gasteiger partial charge in [0.25, 0.3) is 0 Å². The maximum absolute atomic E-state index is 13.3. The summed E-state index contributed by atoms with van der Waals surface area (Å²) in [7, 11) is 6.11. The van der Waals surface area contributed by atoms with E-state index in [1.165, 1.54) is 6.07 Å². The molecule has 2 unspecified atom stereocenters. The first-order chi connectivity index (χ1) is 8.41. The quantitative estimate of drug-likeness (QED) is 0.837. The molecule has 0 spiro atoms. The minimum atomic E-state index is -0.209. The van der Waals surface area contributed by atoms with Crippen molar-refractivity contribution in [3.05, 3.63) is 35.6 Å². The average Bonchev–Trinajstić information content (AvgIpc) is 2.26. The summed E-state index contributed by atoms with van der Waals surface area (Å²) >= 11 is 0. The van der Waals surface area contributed by atoms with Gasteiger partial charge in [-0.05, 0) is 45.8 Å². The van der Waals surface area contributed by atoms with Crippen LogP contribution in [-0.4, -0.2) is 50.1 Å². The van der Waals surface area contributed by atoms with Gasteiger partial charge >= 0.3 is 0 Å². The van der Waals surface area contributed by atoms with Crippen molar-refractivity contribution in [3.63, 3.8) is 0 Å². The van der Waals surface area contributed by atoms with Crippen molar-refractivity contribution in [2.45, 2.75) is 19.0 Å². The van der Waals surface area contributed by atoms with Crippen molar-refractivity contribution in [1.29, 1.82) is 0 Å². The molecule has 0 aliphatic rings. The summed E-state index contributed by atoms with van der Waals surface area (Å²) in [4.78, 5) is 4.31. The van der Waals surface area contributed by atoms with Gasteiger partial charge in [0, 0.05) is 25.2 Å². The summed E-state index contributed by atoms with van der Waals surface area (Å²) in [5.41, 5.74) is 6.98. The van der Waals surface area contributed by atoms with Crippen molar-refractivity contribution in [2.75, 3.05) is 34.2 Å². The van der Waals surface area contributed by atoms with Crippen LogP contribution in [0.25, 0.3) is 0 Å². The maximum atomic E-state index is 13.3. The fraction of sp³-hybridized carbons (Fsp3) is 0.571. The first-order valence-corrected chi connectivity index (χ1v) is 6.28. The summed E-state index contributed by atoms with van der Waals surface area (Å²) in [5.74, 6) is -0.209. The van der Waals surface area contributed by atoms with Crippen molar-refractivity contribution in [3.8, 4) is 0 Å². The van der Waals surface area contributed by atoms with Crippen LogP contribution in [0.15, 0.2) is 24.3 Å². The molecule has 102 valence electrons. The number of likely N-dealkylation sites (N-methyl/N-ethyl adjacent to an activating group) is 2. The normalized spacial score (nSPS) is 15.1. The van der Waals surface area contributed by atoms with Gasteiger partial charge in [-0.25, -0.2) is 4.39 Å². The number of rotatable bonds is 6. The molecule has 18 heavy (non-hydrogen) atoms. The molecule has 0 aromatic heterocycles. The highest BCUT2D eigenvalue weighted by molar-refractivity contribution is 5.21. The van der Waals surface area contributed by atoms with Gasteiger partial charge in [-0.3, -0.25) is 4.90 Å². The Morgan fingerprint density at radius 2 is 1.89 bits per heavy atom. The van der Waals surface area contributed by atoms with Gasteiger partial charge in [-0.15, -0.1) is 0 Å². The number of nitrogens with two attached hydrogens (primary N) is 1. The Balaban J connectivity index is 2.82. The minimum Gasteiger partial charge on any atom is -0.326 e. The van der Waals surface area contributed by atoms with E-state index in [0.717, 1.165) is 18.7 Å². The molecule has 2 N–H and O–H groups in total. The zero-order valence-electron chi connectivity index (χ0n) is 11.7. The zero-order chi connectivity index (χ0) is 13.7. The second-order valence-electron chi connectivity index (χ2n) is 5.14. The van der Waals surface area contributed by atoms with Crippen LogP contribution in [-0.2, 0) is 0 Å². The van der Waals surface area contributed by atoms with E-state index >= 15 is 0 Å². The summed E-state index contributed by atoms with van der Waals surface area (Å²) in [6.07, 6.45) is 0. The average molecular weight is 253 g/mol. The van der Waals surface area contributed by atoms with Crippen molar-refractivity contribution in [1.82, 2.24) is 9.80 Å². The standard InChI is InChI=1S/C14H24FN3/c1-11(16)14(18(4)9-8-17(2)3)12-6-5-7-13(15)10-12/h5-7,10-11,14H,8-9,16H2,1-4H3.